The summed E-state index contributed by atoms with van der Waals surface area (Å²) in [5.41, 5.74) is 18.3. The van der Waals surface area contributed by atoms with E-state index in [4.69, 9.17) is 35.1 Å². The molecule has 0 fully saturated rings. The Labute approximate surface area is 190 Å². The largest absolute Gasteiger partial charge is 0.492 e. The average molecular weight is 456 g/mol. The highest BCUT2D eigenvalue weighted by atomic mass is 16.5. The fourth-order valence-electron chi connectivity index (χ4n) is 2.98. The number of carbonyl (C=O) groups excluding carboxylic acids is 1. The minimum absolute atomic E-state index is 0.248. The first-order chi connectivity index (χ1) is 15.8. The van der Waals surface area contributed by atoms with Gasteiger partial charge in [0.25, 0.3) is 0 Å². The van der Waals surface area contributed by atoms with Gasteiger partial charge in [-0.15, -0.1) is 0 Å². The van der Waals surface area contributed by atoms with Crippen LogP contribution in [0.1, 0.15) is 27.0 Å². The van der Waals surface area contributed by atoms with Crippen molar-refractivity contribution in [3.05, 3.63) is 57.6 Å². The Morgan fingerprint density at radius 3 is 1.70 bits per heavy atom. The zero-order valence-corrected chi connectivity index (χ0v) is 18.9. The first-order valence-electron chi connectivity index (χ1n) is 9.35. The normalized spacial score (nSPS) is 9.24. The summed E-state index contributed by atoms with van der Waals surface area (Å²) in [5, 5.41) is 9.02. The lowest BCUT2D eigenvalue weighted by Crippen LogP contribution is -2.05. The molecule has 0 aromatic heterocycles. The molecule has 0 aliphatic carbocycles. The van der Waals surface area contributed by atoms with E-state index in [1.54, 1.807) is 52.7 Å². The van der Waals surface area contributed by atoms with Gasteiger partial charge in [-0.05, 0) is 24.6 Å². The van der Waals surface area contributed by atoms with Crippen molar-refractivity contribution in [3.8, 4) is 23.0 Å². The zero-order valence-electron chi connectivity index (χ0n) is 18.9. The highest BCUT2D eigenvalue weighted by Gasteiger charge is 2.25. The molecular formula is C22H24N4O7. The second kappa shape index (κ2) is 13.1. The summed E-state index contributed by atoms with van der Waals surface area (Å²) in [6.07, 6.45) is 1.76. The monoisotopic (exact) mass is 456 g/mol. The van der Waals surface area contributed by atoms with E-state index in [0.717, 1.165) is 16.7 Å². The summed E-state index contributed by atoms with van der Waals surface area (Å²) in [5.74, 6) is 0.467. The van der Waals surface area contributed by atoms with Crippen molar-refractivity contribution < 1.29 is 43.2 Å². The van der Waals surface area contributed by atoms with E-state index >= 15 is 0 Å². The lowest BCUT2D eigenvalue weighted by Gasteiger charge is -2.21. The van der Waals surface area contributed by atoms with Crippen molar-refractivity contribution in [3.63, 3.8) is 0 Å². The van der Waals surface area contributed by atoms with Gasteiger partial charge in [-0.1, -0.05) is 12.1 Å². The maximum Gasteiger partial charge on any atom is 0.339 e. The van der Waals surface area contributed by atoms with Gasteiger partial charge < -0.3 is 35.1 Å². The molecule has 0 spiro atoms. The second-order valence-corrected chi connectivity index (χ2v) is 6.31. The first kappa shape index (κ1) is 26.6. The van der Waals surface area contributed by atoms with Crippen LogP contribution in [0, 0.1) is 6.92 Å². The maximum atomic E-state index is 11.0. The third kappa shape index (κ3) is 6.76. The Bertz CT molecular complexity index is 1080. The van der Waals surface area contributed by atoms with Gasteiger partial charge in [0.1, 0.15) is 0 Å². The van der Waals surface area contributed by atoms with Crippen LogP contribution in [0.25, 0.3) is 11.1 Å². The summed E-state index contributed by atoms with van der Waals surface area (Å²) in [4.78, 5) is 25.8. The van der Waals surface area contributed by atoms with Gasteiger partial charge in [0.05, 0.1) is 34.0 Å². The molecule has 0 atom stereocenters. The molecule has 0 radical (unpaired) electrons. The van der Waals surface area contributed by atoms with E-state index in [1.165, 1.54) is 0 Å². The fourth-order valence-corrected chi connectivity index (χ4v) is 2.98. The van der Waals surface area contributed by atoms with Crippen LogP contribution in [-0.4, -0.2) is 67.3 Å². The van der Waals surface area contributed by atoms with Gasteiger partial charge in [0.15, 0.2) is 11.5 Å². The van der Waals surface area contributed by atoms with Crippen LogP contribution in [0.5, 0.6) is 23.0 Å². The van der Waals surface area contributed by atoms with Crippen molar-refractivity contribution in [1.29, 1.82) is 0 Å². The molecule has 0 bridgehead atoms. The number of methoxy groups -OCH3 is 4. The summed E-state index contributed by atoms with van der Waals surface area (Å²) in [7, 11) is 6.23. The van der Waals surface area contributed by atoms with Crippen LogP contribution in [0.4, 0.5) is 0 Å². The van der Waals surface area contributed by atoms with Crippen molar-refractivity contribution in [2.45, 2.75) is 13.3 Å². The van der Waals surface area contributed by atoms with Crippen molar-refractivity contribution >= 4 is 24.2 Å². The molecule has 2 aromatic rings. The van der Waals surface area contributed by atoms with Gasteiger partial charge >= 0.3 is 24.2 Å². The van der Waals surface area contributed by atoms with Gasteiger partial charge in [-0.3, -0.25) is 4.79 Å². The van der Waals surface area contributed by atoms with Gasteiger partial charge in [0.2, 0.25) is 11.5 Å². The highest BCUT2D eigenvalue weighted by molar-refractivity contribution is 6.50. The molecule has 2 aromatic carbocycles. The summed E-state index contributed by atoms with van der Waals surface area (Å²) < 4.78 is 22.0. The number of nitrogens with zero attached hydrogens (tertiary/aromatic N) is 4. The molecule has 1 N–H and O–H groups in total. The zero-order chi connectivity index (χ0) is 25.0. The number of carboxylic acid groups (broad SMARTS) is 1. The number of ether oxygens (including phenoxy) is 4. The number of hydrogen-bond donors (Lipinski definition) is 1. The van der Waals surface area contributed by atoms with E-state index in [-0.39, 0.29) is 5.56 Å². The maximum absolute atomic E-state index is 11.0. The molecule has 0 saturated carbocycles. The van der Waals surface area contributed by atoms with Crippen LogP contribution in [0.15, 0.2) is 24.3 Å². The van der Waals surface area contributed by atoms with Gasteiger partial charge in [-0.2, -0.15) is 9.58 Å². The van der Waals surface area contributed by atoms with Gasteiger partial charge in [0, 0.05) is 17.5 Å². The standard InChI is InChI=1S/C19H22O6.C3H2N4O/c1-11-14(10-12-6-8-13(9-7-12)19(20)21)16(23-3)18(25-5)17(24-4)15(11)22-2;4-6-1-3(8)2-7-5/h6-9H,10H2,1-5H3,(H,20,21);1-2H. The summed E-state index contributed by atoms with van der Waals surface area (Å²) >= 11 is 0. The first-order valence-corrected chi connectivity index (χ1v) is 9.35. The third-order valence-corrected chi connectivity index (χ3v) is 4.45. The van der Waals surface area contributed by atoms with Crippen molar-refractivity contribution in [1.82, 2.24) is 0 Å². The van der Waals surface area contributed by atoms with E-state index in [2.05, 4.69) is 9.58 Å². The van der Waals surface area contributed by atoms with Crippen molar-refractivity contribution in [2.75, 3.05) is 28.4 Å². The number of carboxylic acids is 1. The Kier molecular flexibility index (Phi) is 10.5. The molecule has 0 saturated heterocycles. The lowest BCUT2D eigenvalue weighted by atomic mass is 9.96. The molecule has 33 heavy (non-hydrogen) atoms. The molecule has 0 heterocycles. The van der Waals surface area contributed by atoms with E-state index < -0.39 is 11.8 Å². The fraction of sp³-hybridized carbons (Fsp3) is 0.273. The summed E-state index contributed by atoms with van der Waals surface area (Å²) in [6.45, 7) is 1.92. The van der Waals surface area contributed by atoms with Gasteiger partial charge in [-0.25, -0.2) is 4.79 Å². The van der Waals surface area contributed by atoms with Crippen LogP contribution in [0.3, 0.4) is 0 Å². The number of ketones is 1. The van der Waals surface area contributed by atoms with Crippen LogP contribution >= 0.6 is 0 Å². The SMILES string of the molecule is COc1c(C)c(Cc2ccc(C(=O)O)cc2)c(OC)c(OC)c1OC.[N-]=[N+]=CC(=O)C=[N+]=[N-]. The number of benzene rings is 2. The molecular weight excluding hydrogens is 432 g/mol. The Hall–Kier alpha value is -4.46. The Morgan fingerprint density at radius 2 is 1.30 bits per heavy atom. The number of rotatable bonds is 9. The Balaban J connectivity index is 0.000000582. The van der Waals surface area contributed by atoms with Crippen LogP contribution in [-0.2, 0) is 11.2 Å². The smallest absolute Gasteiger partial charge is 0.339 e. The molecule has 0 aliphatic heterocycles. The molecule has 0 unspecified atom stereocenters. The number of carbonyl (C=O) groups is 2. The molecule has 11 heteroatoms. The third-order valence-electron chi connectivity index (χ3n) is 4.45. The molecule has 11 nitrogen and oxygen atoms in total. The average Bonchev–Trinajstić information content (AvgIpc) is 2.80. The number of aromatic carboxylic acids is 1. The topological polar surface area (TPSA) is 164 Å². The van der Waals surface area contributed by atoms with E-state index in [1.807, 2.05) is 6.92 Å². The predicted octanol–water partition coefficient (Wildman–Crippen LogP) is 2.48. The van der Waals surface area contributed by atoms with Crippen LogP contribution in [0.2, 0.25) is 0 Å². The van der Waals surface area contributed by atoms with Crippen LogP contribution < -0.4 is 18.9 Å². The van der Waals surface area contributed by atoms with E-state index in [9.17, 15) is 9.59 Å². The highest BCUT2D eigenvalue weighted by Crippen LogP contribution is 2.49. The predicted molar refractivity (Wildman–Crippen MR) is 118 cm³/mol. The number of hydrogen-bond acceptors (Lipinski definition) is 6. The molecule has 0 aliphatic rings. The molecule has 174 valence electrons. The summed E-state index contributed by atoms with van der Waals surface area (Å²) in [6, 6.07) is 6.73. The van der Waals surface area contributed by atoms with Crippen molar-refractivity contribution in [2.24, 2.45) is 0 Å². The van der Waals surface area contributed by atoms with E-state index in [0.29, 0.717) is 41.8 Å². The number of Topliss-reactive ketones (excluding diaryl/α,β-unsaturated/α-hetero) is 1. The Morgan fingerprint density at radius 1 is 0.848 bits per heavy atom. The molecule has 0 amide bonds. The quantitative estimate of drug-likeness (QED) is 0.344. The minimum Gasteiger partial charge on any atom is -0.492 e. The minimum atomic E-state index is -0.951. The molecule has 2 rings (SSSR count). The lowest BCUT2D eigenvalue weighted by molar-refractivity contribution is -0.113. The second-order valence-electron chi connectivity index (χ2n) is 6.31.